The van der Waals surface area contributed by atoms with Gasteiger partial charge in [-0.05, 0) is 12.3 Å². The van der Waals surface area contributed by atoms with Gasteiger partial charge in [0.05, 0.1) is 0 Å². The van der Waals surface area contributed by atoms with Crippen LogP contribution in [0.25, 0.3) is 0 Å². The molecule has 1 fully saturated rings. The minimum atomic E-state index is 0.158. The zero-order valence-corrected chi connectivity index (χ0v) is 5.39. The molecule has 1 amide bonds. The van der Waals surface area contributed by atoms with Gasteiger partial charge in [0.25, 0.3) is 0 Å². The van der Waals surface area contributed by atoms with Crippen LogP contribution >= 0.6 is 0 Å². The predicted molar refractivity (Wildman–Crippen MR) is 35.9 cm³/mol. The van der Waals surface area contributed by atoms with E-state index in [1.807, 2.05) is 6.08 Å². The van der Waals surface area contributed by atoms with Crippen LogP contribution in [0.4, 0.5) is 0 Å². The lowest BCUT2D eigenvalue weighted by atomic mass is 9.98. The summed E-state index contributed by atoms with van der Waals surface area (Å²) in [6.45, 7) is 4.45. The molecular formula is C7H11NO. The molecular weight excluding hydrogens is 114 g/mol. The van der Waals surface area contributed by atoms with Crippen LogP contribution in [0.2, 0.25) is 0 Å². The average Bonchev–Trinajstić information content (AvgIpc) is 1.88. The third-order valence-electron chi connectivity index (χ3n) is 1.62. The first-order valence-corrected chi connectivity index (χ1v) is 3.22. The van der Waals surface area contributed by atoms with Gasteiger partial charge in [0.15, 0.2) is 0 Å². The van der Waals surface area contributed by atoms with E-state index in [2.05, 4.69) is 11.9 Å². The van der Waals surface area contributed by atoms with E-state index >= 15 is 0 Å². The van der Waals surface area contributed by atoms with Crippen LogP contribution in [-0.2, 0) is 4.79 Å². The number of rotatable bonds is 1. The fourth-order valence-electron chi connectivity index (χ4n) is 1.01. The highest BCUT2D eigenvalue weighted by atomic mass is 16.1. The fraction of sp³-hybridized carbons (Fsp3) is 0.571. The van der Waals surface area contributed by atoms with Crippen LogP contribution in [0.1, 0.15) is 12.8 Å². The second-order valence-corrected chi connectivity index (χ2v) is 2.34. The number of amides is 1. The predicted octanol–water partition coefficient (Wildman–Crippen LogP) is 0.699. The topological polar surface area (TPSA) is 29.1 Å². The molecule has 50 valence electrons. The minimum Gasteiger partial charge on any atom is -0.356 e. The van der Waals surface area contributed by atoms with Crippen LogP contribution in [0.5, 0.6) is 0 Å². The average molecular weight is 125 g/mol. The number of carbonyl (C=O) groups excluding carboxylic acids is 1. The van der Waals surface area contributed by atoms with E-state index in [0.29, 0.717) is 12.3 Å². The molecule has 0 aliphatic carbocycles. The van der Waals surface area contributed by atoms with E-state index in [9.17, 15) is 4.79 Å². The van der Waals surface area contributed by atoms with E-state index in [4.69, 9.17) is 0 Å². The molecule has 0 saturated carbocycles. The van der Waals surface area contributed by atoms with Crippen LogP contribution in [0.15, 0.2) is 12.7 Å². The lowest BCUT2D eigenvalue weighted by Gasteiger charge is -2.17. The molecule has 1 N–H and O–H groups in total. The van der Waals surface area contributed by atoms with Gasteiger partial charge in [-0.2, -0.15) is 0 Å². The molecule has 1 aliphatic heterocycles. The summed E-state index contributed by atoms with van der Waals surface area (Å²) in [6.07, 6.45) is 3.54. The first-order valence-electron chi connectivity index (χ1n) is 3.22. The Hall–Kier alpha value is -0.790. The molecule has 0 aromatic rings. The van der Waals surface area contributed by atoms with E-state index < -0.39 is 0 Å². The summed E-state index contributed by atoms with van der Waals surface area (Å²) < 4.78 is 0. The number of hydrogen-bond acceptors (Lipinski definition) is 1. The molecule has 1 saturated heterocycles. The van der Waals surface area contributed by atoms with Crippen LogP contribution < -0.4 is 5.32 Å². The van der Waals surface area contributed by atoms with Gasteiger partial charge in [0.2, 0.25) is 5.91 Å². The molecule has 1 atom stereocenters. The van der Waals surface area contributed by atoms with Crippen molar-refractivity contribution in [2.75, 3.05) is 6.54 Å². The molecule has 1 rings (SSSR count). The fourth-order valence-corrected chi connectivity index (χ4v) is 1.01. The molecule has 2 nitrogen and oxygen atoms in total. The van der Waals surface area contributed by atoms with Gasteiger partial charge in [-0.25, -0.2) is 0 Å². The Balaban J connectivity index is 2.40. The van der Waals surface area contributed by atoms with Gasteiger partial charge in [0.1, 0.15) is 0 Å². The second kappa shape index (κ2) is 2.67. The maximum atomic E-state index is 10.7. The normalized spacial score (nSPS) is 27.1. The lowest BCUT2D eigenvalue weighted by Crippen LogP contribution is -2.32. The Morgan fingerprint density at radius 3 is 3.00 bits per heavy atom. The molecule has 1 heterocycles. The smallest absolute Gasteiger partial charge is 0.220 e. The maximum Gasteiger partial charge on any atom is 0.220 e. The summed E-state index contributed by atoms with van der Waals surface area (Å²) in [5.41, 5.74) is 0. The number of hydrogen-bond donors (Lipinski definition) is 1. The van der Waals surface area contributed by atoms with Crippen molar-refractivity contribution in [3.05, 3.63) is 12.7 Å². The molecule has 1 aliphatic rings. The van der Waals surface area contributed by atoms with Crippen molar-refractivity contribution < 1.29 is 4.79 Å². The Morgan fingerprint density at radius 2 is 2.56 bits per heavy atom. The molecule has 0 radical (unpaired) electrons. The highest BCUT2D eigenvalue weighted by Gasteiger charge is 2.14. The summed E-state index contributed by atoms with van der Waals surface area (Å²) in [6, 6.07) is 0. The van der Waals surface area contributed by atoms with Crippen LogP contribution in [-0.4, -0.2) is 12.5 Å². The Kier molecular flexibility index (Phi) is 1.88. The second-order valence-electron chi connectivity index (χ2n) is 2.34. The molecule has 1 unspecified atom stereocenters. The number of carbonyl (C=O) groups is 1. The summed E-state index contributed by atoms with van der Waals surface area (Å²) in [5, 5.41) is 2.76. The van der Waals surface area contributed by atoms with E-state index in [1.54, 1.807) is 0 Å². The van der Waals surface area contributed by atoms with Crippen molar-refractivity contribution in [1.29, 1.82) is 0 Å². The summed E-state index contributed by atoms with van der Waals surface area (Å²) in [5.74, 6) is 0.574. The Morgan fingerprint density at radius 1 is 1.78 bits per heavy atom. The highest BCUT2D eigenvalue weighted by molar-refractivity contribution is 5.77. The van der Waals surface area contributed by atoms with Crippen molar-refractivity contribution in [3.63, 3.8) is 0 Å². The van der Waals surface area contributed by atoms with E-state index in [-0.39, 0.29) is 5.91 Å². The Labute approximate surface area is 54.9 Å². The molecule has 0 aromatic carbocycles. The van der Waals surface area contributed by atoms with Gasteiger partial charge >= 0.3 is 0 Å². The Bertz CT molecular complexity index is 131. The first kappa shape index (κ1) is 6.33. The van der Waals surface area contributed by atoms with Crippen molar-refractivity contribution in [2.45, 2.75) is 12.8 Å². The van der Waals surface area contributed by atoms with Gasteiger partial charge in [-0.15, -0.1) is 6.58 Å². The van der Waals surface area contributed by atoms with Crippen molar-refractivity contribution in [3.8, 4) is 0 Å². The van der Waals surface area contributed by atoms with E-state index in [0.717, 1.165) is 13.0 Å². The lowest BCUT2D eigenvalue weighted by molar-refractivity contribution is -0.122. The summed E-state index contributed by atoms with van der Waals surface area (Å²) in [4.78, 5) is 10.7. The molecule has 0 spiro atoms. The van der Waals surface area contributed by atoms with Crippen molar-refractivity contribution >= 4 is 5.91 Å². The van der Waals surface area contributed by atoms with Crippen LogP contribution in [0, 0.1) is 5.92 Å². The summed E-state index contributed by atoms with van der Waals surface area (Å²) >= 11 is 0. The third kappa shape index (κ3) is 1.56. The van der Waals surface area contributed by atoms with Gasteiger partial charge in [0, 0.05) is 13.0 Å². The summed E-state index contributed by atoms with van der Waals surface area (Å²) in [7, 11) is 0. The van der Waals surface area contributed by atoms with Crippen molar-refractivity contribution in [1.82, 2.24) is 5.32 Å². The van der Waals surface area contributed by atoms with Crippen LogP contribution in [0.3, 0.4) is 0 Å². The van der Waals surface area contributed by atoms with Gasteiger partial charge in [-0.1, -0.05) is 6.08 Å². The number of piperidine rings is 1. The monoisotopic (exact) mass is 125 g/mol. The third-order valence-corrected chi connectivity index (χ3v) is 1.62. The molecule has 0 bridgehead atoms. The standard InChI is InChI=1S/C7H11NO/c1-2-6-3-4-8-7(9)5-6/h2,6H,1,3-5H2,(H,8,9). The first-order chi connectivity index (χ1) is 4.33. The van der Waals surface area contributed by atoms with Gasteiger partial charge in [-0.3, -0.25) is 4.79 Å². The van der Waals surface area contributed by atoms with E-state index in [1.165, 1.54) is 0 Å². The number of allylic oxidation sites excluding steroid dienone is 1. The quantitative estimate of drug-likeness (QED) is 0.513. The van der Waals surface area contributed by atoms with Gasteiger partial charge < -0.3 is 5.32 Å². The zero-order chi connectivity index (χ0) is 6.69. The largest absolute Gasteiger partial charge is 0.356 e. The van der Waals surface area contributed by atoms with Crippen molar-refractivity contribution in [2.24, 2.45) is 5.92 Å². The number of nitrogens with one attached hydrogen (secondary N) is 1. The highest BCUT2D eigenvalue weighted by Crippen LogP contribution is 2.12. The maximum absolute atomic E-state index is 10.7. The minimum absolute atomic E-state index is 0.158. The molecule has 2 heteroatoms. The molecule has 9 heavy (non-hydrogen) atoms. The SMILES string of the molecule is C=CC1CCNC(=O)C1. The zero-order valence-electron chi connectivity index (χ0n) is 5.39. The molecule has 0 aromatic heterocycles.